The van der Waals surface area contributed by atoms with E-state index in [1.165, 1.54) is 0 Å². The molecule has 0 saturated carbocycles. The van der Waals surface area contributed by atoms with E-state index in [1.54, 1.807) is 6.92 Å². The van der Waals surface area contributed by atoms with Crippen molar-refractivity contribution in [2.75, 3.05) is 13.2 Å². The monoisotopic (exact) mass is 287 g/mol. The van der Waals surface area contributed by atoms with Crippen LogP contribution in [-0.2, 0) is 9.53 Å². The van der Waals surface area contributed by atoms with E-state index in [0.717, 1.165) is 12.3 Å². The first-order valence-electron chi connectivity index (χ1n) is 5.20. The fraction of sp³-hybridized carbons (Fsp3) is 0.300. The Morgan fingerprint density at radius 3 is 2.84 bits per heavy atom. The summed E-state index contributed by atoms with van der Waals surface area (Å²) in [6, 6.07) is 1.14. The van der Waals surface area contributed by atoms with E-state index >= 15 is 0 Å². The maximum Gasteiger partial charge on any atom is 0.325 e. The Morgan fingerprint density at radius 1 is 1.58 bits per heavy atom. The van der Waals surface area contributed by atoms with Crippen molar-refractivity contribution in [3.8, 4) is 0 Å². The lowest BCUT2D eigenvalue weighted by atomic mass is 10.2. The highest BCUT2D eigenvalue weighted by Crippen LogP contribution is 2.25. The van der Waals surface area contributed by atoms with Crippen molar-refractivity contribution < 1.29 is 19.2 Å². The molecular formula is C10H10ClN3O5. The van der Waals surface area contributed by atoms with Gasteiger partial charge < -0.3 is 10.1 Å². The summed E-state index contributed by atoms with van der Waals surface area (Å²) in [6.07, 6.45) is 1.16. The van der Waals surface area contributed by atoms with Crippen LogP contribution in [0.5, 0.6) is 0 Å². The number of aromatic nitrogens is 1. The second kappa shape index (κ2) is 6.64. The number of nitrogens with one attached hydrogen (secondary N) is 1. The lowest BCUT2D eigenvalue weighted by Crippen LogP contribution is -2.31. The SMILES string of the molecule is CCOC(=O)CNC(=O)c1ccnc(Cl)c1[N+](=O)[O-]. The van der Waals surface area contributed by atoms with E-state index in [2.05, 4.69) is 15.0 Å². The highest BCUT2D eigenvalue weighted by atomic mass is 35.5. The van der Waals surface area contributed by atoms with Gasteiger partial charge in [0.25, 0.3) is 5.91 Å². The first kappa shape index (κ1) is 14.8. The number of carbonyl (C=O) groups is 2. The van der Waals surface area contributed by atoms with Gasteiger partial charge in [0.1, 0.15) is 12.1 Å². The molecule has 0 bridgehead atoms. The number of pyridine rings is 1. The van der Waals surface area contributed by atoms with E-state index < -0.39 is 27.6 Å². The highest BCUT2D eigenvalue weighted by Gasteiger charge is 2.24. The van der Waals surface area contributed by atoms with Gasteiger partial charge >= 0.3 is 11.7 Å². The quantitative estimate of drug-likeness (QED) is 0.373. The van der Waals surface area contributed by atoms with Crippen molar-refractivity contribution in [3.05, 3.63) is 33.1 Å². The Balaban J connectivity index is 2.86. The Bertz CT molecular complexity index is 520. The first-order chi connectivity index (χ1) is 8.97. The number of ether oxygens (including phenoxy) is 1. The summed E-state index contributed by atoms with van der Waals surface area (Å²) >= 11 is 5.56. The third kappa shape index (κ3) is 3.88. The zero-order valence-electron chi connectivity index (χ0n) is 9.88. The van der Waals surface area contributed by atoms with Crippen molar-refractivity contribution >= 4 is 29.2 Å². The largest absolute Gasteiger partial charge is 0.465 e. The van der Waals surface area contributed by atoms with Gasteiger partial charge in [-0.15, -0.1) is 0 Å². The number of hydrogen-bond donors (Lipinski definition) is 1. The van der Waals surface area contributed by atoms with Gasteiger partial charge in [-0.25, -0.2) is 4.98 Å². The van der Waals surface area contributed by atoms with Crippen LogP contribution in [0, 0.1) is 10.1 Å². The van der Waals surface area contributed by atoms with Crippen LogP contribution in [0.15, 0.2) is 12.3 Å². The van der Waals surface area contributed by atoms with Crippen LogP contribution in [0.2, 0.25) is 5.15 Å². The predicted octanol–water partition coefficient (Wildman–Crippen LogP) is 0.936. The van der Waals surface area contributed by atoms with E-state index in [9.17, 15) is 19.7 Å². The number of carbonyl (C=O) groups excluding carboxylic acids is 2. The van der Waals surface area contributed by atoms with Gasteiger partial charge in [-0.3, -0.25) is 19.7 Å². The van der Waals surface area contributed by atoms with Crippen LogP contribution in [-0.4, -0.2) is 34.9 Å². The summed E-state index contributed by atoms with van der Waals surface area (Å²) in [5.74, 6) is -1.44. The van der Waals surface area contributed by atoms with Gasteiger partial charge in [-0.1, -0.05) is 11.6 Å². The molecule has 0 aliphatic rings. The lowest BCUT2D eigenvalue weighted by molar-refractivity contribution is -0.385. The molecular weight excluding hydrogens is 278 g/mol. The van der Waals surface area contributed by atoms with Crippen LogP contribution < -0.4 is 5.32 Å². The molecule has 1 aromatic rings. The molecule has 102 valence electrons. The zero-order valence-corrected chi connectivity index (χ0v) is 10.6. The first-order valence-corrected chi connectivity index (χ1v) is 5.57. The molecule has 0 saturated heterocycles. The second-order valence-corrected chi connectivity index (χ2v) is 3.60. The molecule has 8 nitrogen and oxygen atoms in total. The minimum absolute atomic E-state index is 0.177. The van der Waals surface area contributed by atoms with Gasteiger partial charge in [0.15, 0.2) is 0 Å². The van der Waals surface area contributed by atoms with Crippen molar-refractivity contribution in [1.29, 1.82) is 0 Å². The van der Waals surface area contributed by atoms with Crippen LogP contribution in [0.1, 0.15) is 17.3 Å². The predicted molar refractivity (Wildman–Crippen MR) is 64.9 cm³/mol. The summed E-state index contributed by atoms with van der Waals surface area (Å²) in [5.41, 5.74) is -0.875. The molecule has 1 aromatic heterocycles. The standard InChI is InChI=1S/C10H10ClN3O5/c1-2-19-7(15)5-13-10(16)6-3-4-12-9(11)8(6)14(17)18/h3-4H,2,5H2,1H3,(H,13,16). The summed E-state index contributed by atoms with van der Waals surface area (Å²) in [6.45, 7) is 1.41. The lowest BCUT2D eigenvalue weighted by Gasteiger charge is -2.05. The van der Waals surface area contributed by atoms with Crippen molar-refractivity contribution in [2.45, 2.75) is 6.92 Å². The van der Waals surface area contributed by atoms with Crippen LogP contribution in [0.25, 0.3) is 0 Å². The average Bonchev–Trinajstić information content (AvgIpc) is 2.35. The molecule has 1 rings (SSSR count). The molecule has 9 heteroatoms. The maximum atomic E-state index is 11.7. The fourth-order valence-electron chi connectivity index (χ4n) is 1.25. The molecule has 0 unspecified atom stereocenters. The van der Waals surface area contributed by atoms with Crippen LogP contribution in [0.3, 0.4) is 0 Å². The fourth-order valence-corrected chi connectivity index (χ4v) is 1.47. The Kier molecular flexibility index (Phi) is 5.19. The molecule has 0 fully saturated rings. The van der Waals surface area contributed by atoms with Crippen molar-refractivity contribution in [3.63, 3.8) is 0 Å². The van der Waals surface area contributed by atoms with E-state index in [-0.39, 0.29) is 18.7 Å². The van der Waals surface area contributed by atoms with Crippen molar-refractivity contribution in [1.82, 2.24) is 10.3 Å². The van der Waals surface area contributed by atoms with Gasteiger partial charge in [0.05, 0.1) is 11.5 Å². The number of hydrogen-bond acceptors (Lipinski definition) is 6. The summed E-state index contributed by atoms with van der Waals surface area (Å²) in [4.78, 5) is 36.3. The molecule has 0 atom stereocenters. The number of amides is 1. The van der Waals surface area contributed by atoms with Gasteiger partial charge in [-0.2, -0.15) is 0 Å². The molecule has 1 amide bonds. The minimum atomic E-state index is -0.811. The molecule has 1 heterocycles. The Hall–Kier alpha value is -2.22. The summed E-state index contributed by atoms with van der Waals surface area (Å²) in [5, 5.41) is 12.6. The maximum absolute atomic E-state index is 11.7. The molecule has 0 radical (unpaired) electrons. The minimum Gasteiger partial charge on any atom is -0.465 e. The Morgan fingerprint density at radius 2 is 2.26 bits per heavy atom. The van der Waals surface area contributed by atoms with E-state index in [1.807, 2.05) is 0 Å². The normalized spacial score (nSPS) is 9.79. The molecule has 1 N–H and O–H groups in total. The summed E-state index contributed by atoms with van der Waals surface area (Å²) < 4.78 is 4.60. The van der Waals surface area contributed by atoms with E-state index in [4.69, 9.17) is 11.6 Å². The highest BCUT2D eigenvalue weighted by molar-refractivity contribution is 6.32. The third-order valence-corrected chi connectivity index (χ3v) is 2.28. The van der Waals surface area contributed by atoms with Gasteiger partial charge in [0.2, 0.25) is 5.15 Å². The average molecular weight is 288 g/mol. The van der Waals surface area contributed by atoms with Crippen LogP contribution in [0.4, 0.5) is 5.69 Å². The number of esters is 1. The number of nitro groups is 1. The van der Waals surface area contributed by atoms with Gasteiger partial charge in [0, 0.05) is 6.20 Å². The zero-order chi connectivity index (χ0) is 14.4. The number of rotatable bonds is 5. The topological polar surface area (TPSA) is 111 Å². The third-order valence-electron chi connectivity index (χ3n) is 2.01. The molecule has 19 heavy (non-hydrogen) atoms. The summed E-state index contributed by atoms with van der Waals surface area (Å²) in [7, 11) is 0. The molecule has 0 aliphatic carbocycles. The molecule has 0 aromatic carbocycles. The smallest absolute Gasteiger partial charge is 0.325 e. The second-order valence-electron chi connectivity index (χ2n) is 3.24. The number of halogens is 1. The van der Waals surface area contributed by atoms with Crippen molar-refractivity contribution in [2.24, 2.45) is 0 Å². The Labute approximate surface area is 112 Å². The van der Waals surface area contributed by atoms with Crippen LogP contribution >= 0.6 is 11.6 Å². The van der Waals surface area contributed by atoms with Gasteiger partial charge in [-0.05, 0) is 13.0 Å². The molecule has 0 spiro atoms. The van der Waals surface area contributed by atoms with E-state index in [0.29, 0.717) is 0 Å². The number of nitrogens with zero attached hydrogens (tertiary/aromatic N) is 2. The molecule has 0 aliphatic heterocycles.